The quantitative estimate of drug-likeness (QED) is 0.172. The Balaban J connectivity index is 1.82. The molecule has 1 unspecified atom stereocenters. The average molecular weight is 664 g/mol. The number of benzene rings is 4. The number of nitrogens with one attached hydrogen (secondary N) is 1. The molecule has 1 N–H and O–H groups in total. The van der Waals surface area contributed by atoms with Crippen LogP contribution in [0.25, 0.3) is 0 Å². The first-order valence-corrected chi connectivity index (χ1v) is 16.9. The lowest BCUT2D eigenvalue weighted by molar-refractivity contribution is -0.140. The fourth-order valence-electron chi connectivity index (χ4n) is 4.93. The van der Waals surface area contributed by atoms with Crippen LogP contribution >= 0.6 is 11.6 Å². The number of sulfonamides is 1. The number of aryl methyl sites for hydroxylation is 2. The van der Waals surface area contributed by atoms with E-state index in [-0.39, 0.29) is 35.0 Å². The van der Waals surface area contributed by atoms with Gasteiger partial charge in [0.25, 0.3) is 10.0 Å². The summed E-state index contributed by atoms with van der Waals surface area (Å²) in [5, 5.41) is 3.29. The molecule has 242 valence electrons. The van der Waals surface area contributed by atoms with Gasteiger partial charge in [0, 0.05) is 30.1 Å². The Kier molecular flexibility index (Phi) is 11.6. The molecule has 46 heavy (non-hydrogen) atoms. The summed E-state index contributed by atoms with van der Waals surface area (Å²) in [5.41, 5.74) is 3.05. The zero-order valence-electron chi connectivity index (χ0n) is 26.4. The standard InChI is InChI=1S/C36H39ClFN3O4S/c1-25(2)22-39-36(43)34(21-28-10-6-5-7-11-28)40(23-29-12-8-9-13-33(29)38)35(42)24-41(31-17-14-26(3)27(4)20-31)46(44,45)32-18-15-30(37)16-19-32/h5-20,25,34H,21-24H2,1-4H3,(H,39,43). The number of carbonyl (C=O) groups is 2. The number of anilines is 1. The van der Waals surface area contributed by atoms with Gasteiger partial charge in [0.2, 0.25) is 11.8 Å². The summed E-state index contributed by atoms with van der Waals surface area (Å²) in [7, 11) is -4.28. The highest BCUT2D eigenvalue weighted by Gasteiger charge is 2.35. The van der Waals surface area contributed by atoms with E-state index in [1.807, 2.05) is 58.0 Å². The molecule has 4 aromatic rings. The van der Waals surface area contributed by atoms with Gasteiger partial charge in [-0.15, -0.1) is 0 Å². The zero-order chi connectivity index (χ0) is 33.4. The van der Waals surface area contributed by atoms with Crippen molar-refractivity contribution in [3.8, 4) is 0 Å². The van der Waals surface area contributed by atoms with E-state index < -0.39 is 40.2 Å². The molecular formula is C36H39ClFN3O4S. The number of halogens is 2. The second-order valence-corrected chi connectivity index (χ2v) is 14.0. The van der Waals surface area contributed by atoms with E-state index in [2.05, 4.69) is 5.32 Å². The fraction of sp³-hybridized carbons (Fsp3) is 0.278. The third-order valence-electron chi connectivity index (χ3n) is 7.71. The molecule has 0 saturated carbocycles. The monoisotopic (exact) mass is 663 g/mol. The second kappa shape index (κ2) is 15.4. The molecule has 4 aromatic carbocycles. The highest BCUT2D eigenvalue weighted by atomic mass is 35.5. The van der Waals surface area contributed by atoms with Gasteiger partial charge in [0.05, 0.1) is 10.6 Å². The molecule has 0 aliphatic rings. The van der Waals surface area contributed by atoms with Gasteiger partial charge in [-0.2, -0.15) is 0 Å². The van der Waals surface area contributed by atoms with Crippen molar-refractivity contribution in [1.29, 1.82) is 0 Å². The topological polar surface area (TPSA) is 86.8 Å². The Morgan fingerprint density at radius 3 is 2.15 bits per heavy atom. The van der Waals surface area contributed by atoms with Crippen LogP contribution in [0.1, 0.15) is 36.1 Å². The molecule has 2 amide bonds. The summed E-state index contributed by atoms with van der Waals surface area (Å²) in [5.74, 6) is -1.48. The number of hydrogen-bond acceptors (Lipinski definition) is 4. The van der Waals surface area contributed by atoms with Gasteiger partial charge < -0.3 is 10.2 Å². The van der Waals surface area contributed by atoms with Gasteiger partial charge in [-0.1, -0.05) is 80.0 Å². The largest absolute Gasteiger partial charge is 0.354 e. The van der Waals surface area contributed by atoms with Crippen LogP contribution in [0.15, 0.2) is 102 Å². The molecule has 0 aromatic heterocycles. The van der Waals surface area contributed by atoms with E-state index in [1.54, 1.807) is 36.4 Å². The number of carbonyl (C=O) groups excluding carboxylic acids is 2. The Bertz CT molecular complexity index is 1770. The molecule has 1 atom stereocenters. The normalized spacial score (nSPS) is 12.1. The summed E-state index contributed by atoms with van der Waals surface area (Å²) >= 11 is 6.05. The summed E-state index contributed by atoms with van der Waals surface area (Å²) in [6.07, 6.45) is 0.137. The fourth-order valence-corrected chi connectivity index (χ4v) is 6.46. The third-order valence-corrected chi connectivity index (χ3v) is 9.75. The van der Waals surface area contributed by atoms with E-state index >= 15 is 4.39 Å². The number of nitrogens with zero attached hydrogens (tertiary/aromatic N) is 2. The minimum absolute atomic E-state index is 0.0564. The van der Waals surface area contributed by atoms with Crippen LogP contribution in [0.5, 0.6) is 0 Å². The zero-order valence-corrected chi connectivity index (χ0v) is 28.0. The van der Waals surface area contributed by atoms with Gasteiger partial charge in [0.15, 0.2) is 0 Å². The van der Waals surface area contributed by atoms with Crippen LogP contribution in [0.3, 0.4) is 0 Å². The molecule has 0 fully saturated rings. The second-order valence-electron chi connectivity index (χ2n) is 11.7. The molecule has 0 radical (unpaired) electrons. The molecule has 10 heteroatoms. The Morgan fingerprint density at radius 2 is 1.52 bits per heavy atom. The van der Waals surface area contributed by atoms with Gasteiger partial charge in [-0.25, -0.2) is 12.8 Å². The predicted molar refractivity (Wildman–Crippen MR) is 181 cm³/mol. The van der Waals surface area contributed by atoms with Crippen LogP contribution in [-0.4, -0.2) is 44.3 Å². The van der Waals surface area contributed by atoms with Crippen molar-refractivity contribution in [3.05, 3.63) is 130 Å². The molecule has 0 spiro atoms. The molecule has 0 saturated heterocycles. The summed E-state index contributed by atoms with van der Waals surface area (Å²) < 4.78 is 44.4. The molecule has 0 aliphatic heterocycles. The Labute approximate surface area is 276 Å². The van der Waals surface area contributed by atoms with Crippen LogP contribution in [0, 0.1) is 25.6 Å². The summed E-state index contributed by atoms with van der Waals surface area (Å²) in [4.78, 5) is 29.5. The maximum absolute atomic E-state index is 15.1. The first kappa shape index (κ1) is 34.7. The molecule has 7 nitrogen and oxygen atoms in total. The van der Waals surface area contributed by atoms with Crippen molar-refractivity contribution in [1.82, 2.24) is 10.2 Å². The van der Waals surface area contributed by atoms with Gasteiger partial charge in [-0.3, -0.25) is 13.9 Å². The minimum Gasteiger partial charge on any atom is -0.354 e. The summed E-state index contributed by atoms with van der Waals surface area (Å²) in [6.45, 7) is 7.15. The number of rotatable bonds is 13. The highest BCUT2D eigenvalue weighted by molar-refractivity contribution is 7.92. The predicted octanol–water partition coefficient (Wildman–Crippen LogP) is 6.70. The van der Waals surface area contributed by atoms with Crippen molar-refractivity contribution in [3.63, 3.8) is 0 Å². The highest BCUT2D eigenvalue weighted by Crippen LogP contribution is 2.28. The maximum atomic E-state index is 15.1. The molecule has 0 bridgehead atoms. The van der Waals surface area contributed by atoms with Crippen molar-refractivity contribution < 1.29 is 22.4 Å². The van der Waals surface area contributed by atoms with Gasteiger partial charge >= 0.3 is 0 Å². The van der Waals surface area contributed by atoms with Crippen molar-refractivity contribution in [2.75, 3.05) is 17.4 Å². The lowest BCUT2D eigenvalue weighted by atomic mass is 10.0. The molecule has 0 aliphatic carbocycles. The smallest absolute Gasteiger partial charge is 0.264 e. The van der Waals surface area contributed by atoms with E-state index in [1.165, 1.54) is 35.2 Å². The molecule has 4 rings (SSSR count). The van der Waals surface area contributed by atoms with E-state index in [9.17, 15) is 18.0 Å². The minimum atomic E-state index is -4.28. The first-order chi connectivity index (χ1) is 21.9. The van der Waals surface area contributed by atoms with Crippen LogP contribution < -0.4 is 9.62 Å². The van der Waals surface area contributed by atoms with Crippen LogP contribution in [-0.2, 0) is 32.6 Å². The SMILES string of the molecule is Cc1ccc(N(CC(=O)N(Cc2ccccc2F)C(Cc2ccccc2)C(=O)NCC(C)C)S(=O)(=O)c2ccc(Cl)cc2)cc1C. The lowest BCUT2D eigenvalue weighted by Gasteiger charge is -2.34. The van der Waals surface area contributed by atoms with Gasteiger partial charge in [0.1, 0.15) is 18.4 Å². The lowest BCUT2D eigenvalue weighted by Crippen LogP contribution is -2.53. The first-order valence-electron chi connectivity index (χ1n) is 15.1. The Hall–Kier alpha value is -4.21. The van der Waals surface area contributed by atoms with E-state index in [0.29, 0.717) is 11.6 Å². The number of amides is 2. The van der Waals surface area contributed by atoms with Crippen molar-refractivity contribution >= 4 is 39.1 Å². The van der Waals surface area contributed by atoms with Crippen molar-refractivity contribution in [2.24, 2.45) is 5.92 Å². The molecule has 0 heterocycles. The third kappa shape index (κ3) is 8.73. The molecular weight excluding hydrogens is 625 g/mol. The van der Waals surface area contributed by atoms with E-state index in [0.717, 1.165) is 21.0 Å². The van der Waals surface area contributed by atoms with Gasteiger partial charge in [-0.05, 0) is 78.9 Å². The van der Waals surface area contributed by atoms with Crippen LogP contribution in [0.2, 0.25) is 5.02 Å². The maximum Gasteiger partial charge on any atom is 0.264 e. The van der Waals surface area contributed by atoms with Crippen molar-refractivity contribution in [2.45, 2.75) is 51.6 Å². The van der Waals surface area contributed by atoms with E-state index in [4.69, 9.17) is 11.6 Å². The van der Waals surface area contributed by atoms with Crippen LogP contribution in [0.4, 0.5) is 10.1 Å². The Morgan fingerprint density at radius 1 is 0.870 bits per heavy atom. The summed E-state index contributed by atoms with van der Waals surface area (Å²) in [6, 6.07) is 25.0. The number of hydrogen-bond donors (Lipinski definition) is 1. The average Bonchev–Trinajstić information content (AvgIpc) is 3.03.